The first-order chi connectivity index (χ1) is 12.9. The lowest BCUT2D eigenvalue weighted by Crippen LogP contribution is -2.03. The van der Waals surface area contributed by atoms with Crippen LogP contribution >= 0.6 is 0 Å². The van der Waals surface area contributed by atoms with Gasteiger partial charge < -0.3 is 10.6 Å². The third-order valence-electron chi connectivity index (χ3n) is 4.53. The molecule has 26 heavy (non-hydrogen) atoms. The van der Waals surface area contributed by atoms with Gasteiger partial charge in [0.05, 0.1) is 0 Å². The molecule has 0 heterocycles. The standard InChI is InChI=1S/C24H22N2/c1-3-9-19(10-4-1)17-25-22-15-21-13-7-8-14-23(21)24(16-22)26-18-20-11-5-2-6-12-20/h1-16,25-26H,17-18H2. The lowest BCUT2D eigenvalue weighted by atomic mass is 10.1. The molecule has 0 aliphatic carbocycles. The van der Waals surface area contributed by atoms with E-state index in [0.717, 1.165) is 24.5 Å². The number of hydrogen-bond donors (Lipinski definition) is 2. The Morgan fingerprint density at radius 2 is 1.12 bits per heavy atom. The first-order valence-corrected chi connectivity index (χ1v) is 8.97. The van der Waals surface area contributed by atoms with Gasteiger partial charge in [0.1, 0.15) is 0 Å². The Labute approximate surface area is 154 Å². The van der Waals surface area contributed by atoms with E-state index in [1.807, 2.05) is 12.1 Å². The van der Waals surface area contributed by atoms with Crippen LogP contribution in [0.15, 0.2) is 97.1 Å². The molecule has 0 amide bonds. The molecule has 0 unspecified atom stereocenters. The maximum atomic E-state index is 3.60. The molecule has 2 heteroatoms. The molecule has 0 aliphatic rings. The van der Waals surface area contributed by atoms with E-state index >= 15 is 0 Å². The van der Waals surface area contributed by atoms with Crippen LogP contribution in [0.2, 0.25) is 0 Å². The molecule has 4 rings (SSSR count). The van der Waals surface area contributed by atoms with Crippen molar-refractivity contribution in [2.75, 3.05) is 10.6 Å². The van der Waals surface area contributed by atoms with Gasteiger partial charge in [0.15, 0.2) is 0 Å². The number of nitrogens with one attached hydrogen (secondary N) is 2. The Balaban J connectivity index is 1.58. The maximum absolute atomic E-state index is 3.60. The number of fused-ring (bicyclic) bond motifs is 1. The van der Waals surface area contributed by atoms with Gasteiger partial charge in [-0.05, 0) is 28.6 Å². The first kappa shape index (κ1) is 16.2. The summed E-state index contributed by atoms with van der Waals surface area (Å²) in [6.45, 7) is 1.63. The molecule has 0 spiro atoms. The van der Waals surface area contributed by atoms with E-state index in [4.69, 9.17) is 0 Å². The summed E-state index contributed by atoms with van der Waals surface area (Å²) in [4.78, 5) is 0. The highest BCUT2D eigenvalue weighted by Gasteiger charge is 2.04. The van der Waals surface area contributed by atoms with Crippen LogP contribution in [0.3, 0.4) is 0 Å². The van der Waals surface area contributed by atoms with Crippen LogP contribution < -0.4 is 10.6 Å². The second-order valence-electron chi connectivity index (χ2n) is 6.42. The average Bonchev–Trinajstić information content (AvgIpc) is 2.72. The van der Waals surface area contributed by atoms with Crippen molar-refractivity contribution in [2.45, 2.75) is 13.1 Å². The Kier molecular flexibility index (Phi) is 4.83. The Bertz CT molecular complexity index is 979. The molecule has 4 aromatic rings. The maximum Gasteiger partial charge on any atom is 0.0443 e. The summed E-state index contributed by atoms with van der Waals surface area (Å²) >= 11 is 0. The van der Waals surface area contributed by atoms with Crippen molar-refractivity contribution in [1.82, 2.24) is 0 Å². The molecule has 0 radical (unpaired) electrons. The van der Waals surface area contributed by atoms with Crippen LogP contribution in [-0.4, -0.2) is 0 Å². The van der Waals surface area contributed by atoms with Gasteiger partial charge in [0.25, 0.3) is 0 Å². The van der Waals surface area contributed by atoms with Crippen molar-refractivity contribution < 1.29 is 0 Å². The van der Waals surface area contributed by atoms with Gasteiger partial charge in [0, 0.05) is 29.9 Å². The molecule has 0 atom stereocenters. The van der Waals surface area contributed by atoms with Crippen molar-refractivity contribution in [3.63, 3.8) is 0 Å². The van der Waals surface area contributed by atoms with Gasteiger partial charge in [-0.2, -0.15) is 0 Å². The van der Waals surface area contributed by atoms with E-state index in [9.17, 15) is 0 Å². The van der Waals surface area contributed by atoms with E-state index in [0.29, 0.717) is 0 Å². The Morgan fingerprint density at radius 3 is 1.81 bits per heavy atom. The van der Waals surface area contributed by atoms with E-state index in [-0.39, 0.29) is 0 Å². The van der Waals surface area contributed by atoms with E-state index < -0.39 is 0 Å². The molecule has 4 aromatic carbocycles. The van der Waals surface area contributed by atoms with Crippen molar-refractivity contribution in [2.24, 2.45) is 0 Å². The number of anilines is 2. The van der Waals surface area contributed by atoms with Gasteiger partial charge in [-0.15, -0.1) is 0 Å². The fourth-order valence-corrected chi connectivity index (χ4v) is 3.15. The summed E-state index contributed by atoms with van der Waals surface area (Å²) in [6, 6.07) is 33.9. The van der Waals surface area contributed by atoms with Crippen LogP contribution in [0.5, 0.6) is 0 Å². The van der Waals surface area contributed by atoms with Crippen LogP contribution in [-0.2, 0) is 13.1 Å². The molecule has 0 fully saturated rings. The van der Waals surface area contributed by atoms with E-state index in [1.54, 1.807) is 0 Å². The molecule has 2 nitrogen and oxygen atoms in total. The largest absolute Gasteiger partial charge is 0.381 e. The fraction of sp³-hybridized carbons (Fsp3) is 0.0833. The third-order valence-corrected chi connectivity index (χ3v) is 4.53. The second-order valence-corrected chi connectivity index (χ2v) is 6.42. The molecular formula is C24H22N2. The summed E-state index contributed by atoms with van der Waals surface area (Å²) < 4.78 is 0. The van der Waals surface area contributed by atoms with Crippen molar-refractivity contribution in [1.29, 1.82) is 0 Å². The van der Waals surface area contributed by atoms with Crippen molar-refractivity contribution >= 4 is 22.1 Å². The number of hydrogen-bond acceptors (Lipinski definition) is 2. The quantitative estimate of drug-likeness (QED) is 0.446. The highest BCUT2D eigenvalue weighted by Crippen LogP contribution is 2.29. The van der Waals surface area contributed by atoms with Crippen LogP contribution in [0.25, 0.3) is 10.8 Å². The molecule has 0 aromatic heterocycles. The minimum Gasteiger partial charge on any atom is -0.381 e. The summed E-state index contributed by atoms with van der Waals surface area (Å²) in [5.41, 5.74) is 4.84. The Hall–Kier alpha value is -3.26. The Morgan fingerprint density at radius 1 is 0.538 bits per heavy atom. The van der Waals surface area contributed by atoms with Gasteiger partial charge in [-0.3, -0.25) is 0 Å². The van der Waals surface area contributed by atoms with Gasteiger partial charge in [-0.25, -0.2) is 0 Å². The topological polar surface area (TPSA) is 24.1 Å². The average molecular weight is 338 g/mol. The predicted octanol–water partition coefficient (Wildman–Crippen LogP) is 6.06. The number of rotatable bonds is 6. The minimum absolute atomic E-state index is 0.812. The summed E-state index contributed by atoms with van der Waals surface area (Å²) in [7, 11) is 0. The molecule has 2 N–H and O–H groups in total. The van der Waals surface area contributed by atoms with E-state index in [1.165, 1.54) is 21.9 Å². The molecule has 0 aliphatic heterocycles. The fourth-order valence-electron chi connectivity index (χ4n) is 3.15. The highest BCUT2D eigenvalue weighted by molar-refractivity contribution is 5.96. The smallest absolute Gasteiger partial charge is 0.0443 e. The van der Waals surface area contributed by atoms with Gasteiger partial charge >= 0.3 is 0 Å². The summed E-state index contributed by atoms with van der Waals surface area (Å²) in [5.74, 6) is 0. The van der Waals surface area contributed by atoms with Crippen LogP contribution in [0.4, 0.5) is 11.4 Å². The minimum atomic E-state index is 0.812. The molecule has 0 saturated heterocycles. The normalized spacial score (nSPS) is 10.6. The van der Waals surface area contributed by atoms with Crippen molar-refractivity contribution in [3.8, 4) is 0 Å². The monoisotopic (exact) mass is 338 g/mol. The molecule has 0 bridgehead atoms. The molecular weight excluding hydrogens is 316 g/mol. The van der Waals surface area contributed by atoms with Crippen LogP contribution in [0.1, 0.15) is 11.1 Å². The SMILES string of the molecule is c1ccc(CNc2cc(NCc3ccccc3)c3ccccc3c2)cc1. The lowest BCUT2D eigenvalue weighted by Gasteiger charge is -2.14. The van der Waals surface area contributed by atoms with Gasteiger partial charge in [-0.1, -0.05) is 84.9 Å². The molecule has 0 saturated carbocycles. The summed E-state index contributed by atoms with van der Waals surface area (Å²) in [5, 5.41) is 9.64. The van der Waals surface area contributed by atoms with Crippen molar-refractivity contribution in [3.05, 3.63) is 108 Å². The lowest BCUT2D eigenvalue weighted by molar-refractivity contribution is 1.14. The zero-order valence-corrected chi connectivity index (χ0v) is 14.7. The predicted molar refractivity (Wildman–Crippen MR) is 111 cm³/mol. The first-order valence-electron chi connectivity index (χ1n) is 8.97. The zero-order valence-electron chi connectivity index (χ0n) is 14.7. The molecule has 128 valence electrons. The summed E-state index contributed by atoms with van der Waals surface area (Å²) in [6.07, 6.45) is 0. The number of benzene rings is 4. The van der Waals surface area contributed by atoms with Crippen LogP contribution in [0, 0.1) is 0 Å². The van der Waals surface area contributed by atoms with Gasteiger partial charge in [0.2, 0.25) is 0 Å². The van der Waals surface area contributed by atoms with E-state index in [2.05, 4.69) is 95.6 Å². The second kappa shape index (κ2) is 7.75. The zero-order chi connectivity index (χ0) is 17.6. The highest BCUT2D eigenvalue weighted by atomic mass is 14.9. The third kappa shape index (κ3) is 3.86.